The SMILES string of the molecule is CCCC1(C(=O)Nc2cc(Br)cc(OC)c2)CCCNC1. The minimum atomic E-state index is -0.289. The second-order valence-corrected chi connectivity index (χ2v) is 6.56. The molecule has 1 aliphatic rings. The van der Waals surface area contributed by atoms with Gasteiger partial charge < -0.3 is 15.4 Å². The molecule has 1 aromatic carbocycles. The summed E-state index contributed by atoms with van der Waals surface area (Å²) in [4.78, 5) is 12.8. The molecule has 1 aromatic rings. The summed E-state index contributed by atoms with van der Waals surface area (Å²) in [7, 11) is 1.62. The summed E-state index contributed by atoms with van der Waals surface area (Å²) in [6, 6.07) is 5.62. The van der Waals surface area contributed by atoms with Crippen molar-refractivity contribution in [3.8, 4) is 5.75 Å². The normalized spacial score (nSPS) is 21.9. The van der Waals surface area contributed by atoms with Crippen molar-refractivity contribution in [2.45, 2.75) is 32.6 Å². The Hall–Kier alpha value is -1.07. The predicted octanol–water partition coefficient (Wildman–Crippen LogP) is 3.57. The number of halogens is 1. The molecule has 0 radical (unpaired) electrons. The maximum atomic E-state index is 12.8. The Morgan fingerprint density at radius 1 is 1.48 bits per heavy atom. The number of carbonyl (C=O) groups excluding carboxylic acids is 1. The molecule has 1 fully saturated rings. The lowest BCUT2D eigenvalue weighted by molar-refractivity contribution is -0.127. The van der Waals surface area contributed by atoms with E-state index in [9.17, 15) is 4.79 Å². The molecule has 1 saturated heterocycles. The first-order valence-corrected chi connectivity index (χ1v) is 8.26. The van der Waals surface area contributed by atoms with Crippen LogP contribution in [0.15, 0.2) is 22.7 Å². The Labute approximate surface area is 134 Å². The van der Waals surface area contributed by atoms with E-state index < -0.39 is 0 Å². The first-order chi connectivity index (χ1) is 10.1. The van der Waals surface area contributed by atoms with Gasteiger partial charge in [-0.15, -0.1) is 0 Å². The van der Waals surface area contributed by atoms with Gasteiger partial charge in [0.1, 0.15) is 5.75 Å². The Kier molecular flexibility index (Phi) is 5.65. The number of carbonyl (C=O) groups is 1. The fourth-order valence-electron chi connectivity index (χ4n) is 2.98. The van der Waals surface area contributed by atoms with Gasteiger partial charge in [-0.05, 0) is 37.9 Å². The zero-order chi connectivity index (χ0) is 15.3. The maximum Gasteiger partial charge on any atom is 0.231 e. The van der Waals surface area contributed by atoms with Crippen molar-refractivity contribution in [2.75, 3.05) is 25.5 Å². The highest BCUT2D eigenvalue weighted by atomic mass is 79.9. The molecule has 21 heavy (non-hydrogen) atoms. The number of amides is 1. The third kappa shape index (κ3) is 3.98. The van der Waals surface area contributed by atoms with Crippen LogP contribution in [0, 0.1) is 5.41 Å². The first kappa shape index (κ1) is 16.3. The van der Waals surface area contributed by atoms with Gasteiger partial charge in [-0.2, -0.15) is 0 Å². The lowest BCUT2D eigenvalue weighted by Gasteiger charge is -2.36. The zero-order valence-electron chi connectivity index (χ0n) is 12.7. The Bertz CT molecular complexity index is 494. The second-order valence-electron chi connectivity index (χ2n) is 5.64. The van der Waals surface area contributed by atoms with Crippen LogP contribution in [0.5, 0.6) is 5.75 Å². The van der Waals surface area contributed by atoms with E-state index in [1.165, 1.54) is 0 Å². The fourth-order valence-corrected chi connectivity index (χ4v) is 3.46. The first-order valence-electron chi connectivity index (χ1n) is 7.46. The number of benzene rings is 1. The molecule has 5 heteroatoms. The van der Waals surface area contributed by atoms with Crippen molar-refractivity contribution in [2.24, 2.45) is 5.41 Å². The van der Waals surface area contributed by atoms with Gasteiger partial charge in [0.15, 0.2) is 0 Å². The Morgan fingerprint density at radius 3 is 2.90 bits per heavy atom. The second kappa shape index (κ2) is 7.27. The monoisotopic (exact) mass is 354 g/mol. The molecule has 2 rings (SSSR count). The van der Waals surface area contributed by atoms with E-state index in [1.54, 1.807) is 7.11 Å². The maximum absolute atomic E-state index is 12.8. The van der Waals surface area contributed by atoms with Gasteiger partial charge in [-0.1, -0.05) is 29.3 Å². The molecule has 4 nitrogen and oxygen atoms in total. The third-order valence-corrected chi connectivity index (χ3v) is 4.51. The lowest BCUT2D eigenvalue weighted by Crippen LogP contribution is -2.48. The average molecular weight is 355 g/mol. The van der Waals surface area contributed by atoms with E-state index >= 15 is 0 Å². The number of anilines is 1. The van der Waals surface area contributed by atoms with Gasteiger partial charge >= 0.3 is 0 Å². The third-order valence-electron chi connectivity index (χ3n) is 4.05. The number of methoxy groups -OCH3 is 1. The molecule has 1 heterocycles. The largest absolute Gasteiger partial charge is 0.497 e. The zero-order valence-corrected chi connectivity index (χ0v) is 14.3. The summed E-state index contributed by atoms with van der Waals surface area (Å²) >= 11 is 3.44. The number of rotatable bonds is 5. The topological polar surface area (TPSA) is 50.4 Å². The van der Waals surface area contributed by atoms with Gasteiger partial charge in [0.25, 0.3) is 0 Å². The number of ether oxygens (including phenoxy) is 1. The molecule has 0 aliphatic carbocycles. The van der Waals surface area contributed by atoms with Crippen molar-refractivity contribution in [3.63, 3.8) is 0 Å². The lowest BCUT2D eigenvalue weighted by atomic mass is 9.76. The van der Waals surface area contributed by atoms with Crippen LogP contribution in [-0.2, 0) is 4.79 Å². The van der Waals surface area contributed by atoms with Crippen LogP contribution < -0.4 is 15.4 Å². The Morgan fingerprint density at radius 2 is 2.29 bits per heavy atom. The molecule has 0 spiro atoms. The number of hydrogen-bond acceptors (Lipinski definition) is 3. The van der Waals surface area contributed by atoms with Crippen molar-refractivity contribution < 1.29 is 9.53 Å². The molecule has 1 atom stereocenters. The number of nitrogens with one attached hydrogen (secondary N) is 2. The Balaban J connectivity index is 2.16. The van der Waals surface area contributed by atoms with E-state index in [0.717, 1.165) is 54.7 Å². The van der Waals surface area contributed by atoms with Crippen LogP contribution in [0.3, 0.4) is 0 Å². The van der Waals surface area contributed by atoms with Crippen LogP contribution in [-0.4, -0.2) is 26.1 Å². The molecule has 116 valence electrons. The van der Waals surface area contributed by atoms with Gasteiger partial charge in [-0.3, -0.25) is 4.79 Å². The summed E-state index contributed by atoms with van der Waals surface area (Å²) in [6.07, 6.45) is 3.92. The molecule has 0 saturated carbocycles. The molecule has 2 N–H and O–H groups in total. The van der Waals surface area contributed by atoms with Crippen molar-refractivity contribution in [3.05, 3.63) is 22.7 Å². The molecule has 1 amide bonds. The highest BCUT2D eigenvalue weighted by Crippen LogP contribution is 2.34. The molecule has 1 aliphatic heterocycles. The van der Waals surface area contributed by atoms with Gasteiger partial charge in [0, 0.05) is 22.8 Å². The van der Waals surface area contributed by atoms with Crippen LogP contribution >= 0.6 is 15.9 Å². The van der Waals surface area contributed by atoms with E-state index in [2.05, 4.69) is 33.5 Å². The van der Waals surface area contributed by atoms with E-state index in [-0.39, 0.29) is 11.3 Å². The van der Waals surface area contributed by atoms with Crippen LogP contribution in [0.1, 0.15) is 32.6 Å². The summed E-state index contributed by atoms with van der Waals surface area (Å²) in [5.41, 5.74) is 0.481. The standard InChI is InChI=1S/C16H23BrN2O2/c1-3-5-16(6-4-7-18-11-16)15(20)19-13-8-12(17)9-14(10-13)21-2/h8-10,18H,3-7,11H2,1-2H3,(H,19,20). The van der Waals surface area contributed by atoms with E-state index in [1.807, 2.05) is 18.2 Å². The van der Waals surface area contributed by atoms with Crippen molar-refractivity contribution >= 4 is 27.5 Å². The molecular formula is C16H23BrN2O2. The van der Waals surface area contributed by atoms with Gasteiger partial charge in [0.05, 0.1) is 12.5 Å². The van der Waals surface area contributed by atoms with Crippen molar-refractivity contribution in [1.82, 2.24) is 5.32 Å². The number of piperidine rings is 1. The fraction of sp³-hybridized carbons (Fsp3) is 0.562. The van der Waals surface area contributed by atoms with Crippen LogP contribution in [0.2, 0.25) is 0 Å². The van der Waals surface area contributed by atoms with E-state index in [4.69, 9.17) is 4.74 Å². The molecular weight excluding hydrogens is 332 g/mol. The van der Waals surface area contributed by atoms with Gasteiger partial charge in [0.2, 0.25) is 5.91 Å². The predicted molar refractivity (Wildman–Crippen MR) is 88.8 cm³/mol. The highest BCUT2D eigenvalue weighted by molar-refractivity contribution is 9.10. The summed E-state index contributed by atoms with van der Waals surface area (Å²) in [5, 5.41) is 6.43. The average Bonchev–Trinajstić information content (AvgIpc) is 2.47. The minimum Gasteiger partial charge on any atom is -0.497 e. The molecule has 0 aromatic heterocycles. The summed E-state index contributed by atoms with van der Waals surface area (Å²) in [5.74, 6) is 0.836. The minimum absolute atomic E-state index is 0.108. The highest BCUT2D eigenvalue weighted by Gasteiger charge is 2.38. The smallest absolute Gasteiger partial charge is 0.231 e. The quantitative estimate of drug-likeness (QED) is 0.849. The summed E-state index contributed by atoms with van der Waals surface area (Å²) in [6.45, 7) is 3.90. The molecule has 0 bridgehead atoms. The van der Waals surface area contributed by atoms with Crippen LogP contribution in [0.25, 0.3) is 0 Å². The van der Waals surface area contributed by atoms with Gasteiger partial charge in [-0.25, -0.2) is 0 Å². The number of hydrogen-bond donors (Lipinski definition) is 2. The molecule has 1 unspecified atom stereocenters. The van der Waals surface area contributed by atoms with E-state index in [0.29, 0.717) is 0 Å². The summed E-state index contributed by atoms with van der Waals surface area (Å²) < 4.78 is 6.13. The van der Waals surface area contributed by atoms with Crippen molar-refractivity contribution in [1.29, 1.82) is 0 Å². The van der Waals surface area contributed by atoms with Crippen LogP contribution in [0.4, 0.5) is 5.69 Å².